The van der Waals surface area contributed by atoms with Crippen LogP contribution in [0.5, 0.6) is 0 Å². The maximum atomic E-state index is 3.77. The fraction of sp³-hybridized carbons (Fsp3) is 1.00. The van der Waals surface area contributed by atoms with Crippen LogP contribution in [-0.2, 0) is 0 Å². The van der Waals surface area contributed by atoms with E-state index in [0.29, 0.717) is 5.41 Å². The lowest BCUT2D eigenvalue weighted by Crippen LogP contribution is -2.44. The Labute approximate surface area is 126 Å². The lowest BCUT2D eigenvalue weighted by molar-refractivity contribution is 0.144. The molecule has 1 heterocycles. The lowest BCUT2D eigenvalue weighted by atomic mass is 9.70. The number of likely N-dealkylation sites (N-methyl/N-ethyl adjacent to an activating group) is 1. The number of rotatable bonds is 4. The van der Waals surface area contributed by atoms with Gasteiger partial charge in [0.25, 0.3) is 0 Å². The summed E-state index contributed by atoms with van der Waals surface area (Å²) in [7, 11) is 2.29. The number of piperidine rings is 1. The molecule has 1 aliphatic heterocycles. The van der Waals surface area contributed by atoms with Gasteiger partial charge in [-0.3, -0.25) is 0 Å². The molecular formula is C18H36N2. The molecule has 0 aromatic heterocycles. The zero-order valence-corrected chi connectivity index (χ0v) is 14.3. The van der Waals surface area contributed by atoms with Crippen molar-refractivity contribution in [2.45, 2.75) is 71.8 Å². The molecule has 1 saturated heterocycles. The van der Waals surface area contributed by atoms with Crippen LogP contribution in [-0.4, -0.2) is 37.6 Å². The van der Waals surface area contributed by atoms with E-state index in [2.05, 4.69) is 38.0 Å². The Morgan fingerprint density at radius 3 is 2.25 bits per heavy atom. The normalized spacial score (nSPS) is 33.3. The highest BCUT2D eigenvalue weighted by Gasteiger charge is 2.29. The molecule has 20 heavy (non-hydrogen) atoms. The minimum absolute atomic E-state index is 0.517. The Hall–Kier alpha value is -0.0800. The van der Waals surface area contributed by atoms with Crippen molar-refractivity contribution >= 4 is 0 Å². The van der Waals surface area contributed by atoms with Crippen LogP contribution in [0.1, 0.15) is 65.7 Å². The Balaban J connectivity index is 1.61. The van der Waals surface area contributed by atoms with E-state index in [4.69, 9.17) is 0 Å². The van der Waals surface area contributed by atoms with Crippen LogP contribution >= 0.6 is 0 Å². The molecule has 1 saturated carbocycles. The van der Waals surface area contributed by atoms with Gasteiger partial charge in [-0.25, -0.2) is 0 Å². The quantitative estimate of drug-likeness (QED) is 0.840. The molecule has 2 nitrogen and oxygen atoms in total. The van der Waals surface area contributed by atoms with Gasteiger partial charge in [0.2, 0.25) is 0 Å². The molecule has 1 N–H and O–H groups in total. The van der Waals surface area contributed by atoms with E-state index < -0.39 is 0 Å². The number of nitrogens with zero attached hydrogens (tertiary/aromatic N) is 1. The molecule has 0 amide bonds. The predicted molar refractivity (Wildman–Crippen MR) is 88.0 cm³/mol. The first kappa shape index (κ1) is 16.3. The average Bonchev–Trinajstić information content (AvgIpc) is 2.40. The van der Waals surface area contributed by atoms with E-state index in [1.54, 1.807) is 0 Å². The predicted octanol–water partition coefficient (Wildman–Crippen LogP) is 3.91. The third kappa shape index (κ3) is 4.73. The first-order valence-corrected chi connectivity index (χ1v) is 8.88. The SMILES string of the molecule is CN1CCCCC1CNCC1CCC(C(C)(C)C)CC1. The molecule has 2 rings (SSSR count). The van der Waals surface area contributed by atoms with Crippen molar-refractivity contribution < 1.29 is 0 Å². The first-order chi connectivity index (χ1) is 9.47. The van der Waals surface area contributed by atoms with Crippen molar-refractivity contribution in [1.82, 2.24) is 10.2 Å². The van der Waals surface area contributed by atoms with Gasteiger partial charge in [-0.15, -0.1) is 0 Å². The van der Waals surface area contributed by atoms with Crippen molar-refractivity contribution in [3.8, 4) is 0 Å². The third-order valence-corrected chi connectivity index (χ3v) is 5.81. The molecule has 0 bridgehead atoms. The van der Waals surface area contributed by atoms with Crippen LogP contribution < -0.4 is 5.32 Å². The number of hydrogen-bond donors (Lipinski definition) is 1. The minimum atomic E-state index is 0.517. The van der Waals surface area contributed by atoms with Crippen LogP contribution in [0, 0.1) is 17.3 Å². The van der Waals surface area contributed by atoms with Gasteiger partial charge < -0.3 is 10.2 Å². The molecule has 0 spiro atoms. The van der Waals surface area contributed by atoms with E-state index in [1.165, 1.54) is 64.6 Å². The molecule has 118 valence electrons. The Kier molecular flexibility index (Phi) is 5.92. The van der Waals surface area contributed by atoms with Gasteiger partial charge in [0, 0.05) is 12.6 Å². The van der Waals surface area contributed by atoms with Gasteiger partial charge in [0.1, 0.15) is 0 Å². The second-order valence-corrected chi connectivity index (χ2v) is 8.37. The standard InChI is InChI=1S/C18H36N2/c1-18(2,3)16-10-8-15(9-11-16)13-19-14-17-7-5-6-12-20(17)4/h15-17,19H,5-14H2,1-4H3. The highest BCUT2D eigenvalue weighted by Crippen LogP contribution is 2.39. The Bertz CT molecular complexity index is 274. The molecule has 1 atom stereocenters. The number of nitrogens with one attached hydrogen (secondary N) is 1. The second-order valence-electron chi connectivity index (χ2n) is 8.37. The smallest absolute Gasteiger partial charge is 0.0217 e. The Morgan fingerprint density at radius 1 is 0.950 bits per heavy atom. The van der Waals surface area contributed by atoms with Gasteiger partial charge in [0.05, 0.1) is 0 Å². The summed E-state index contributed by atoms with van der Waals surface area (Å²) in [6.07, 6.45) is 9.97. The topological polar surface area (TPSA) is 15.3 Å². The second kappa shape index (κ2) is 7.26. The lowest BCUT2D eigenvalue weighted by Gasteiger charge is -2.37. The Morgan fingerprint density at radius 2 is 1.65 bits per heavy atom. The first-order valence-electron chi connectivity index (χ1n) is 8.88. The summed E-state index contributed by atoms with van der Waals surface area (Å²) in [4.78, 5) is 2.55. The highest BCUT2D eigenvalue weighted by molar-refractivity contribution is 4.82. The maximum Gasteiger partial charge on any atom is 0.0217 e. The molecule has 2 aliphatic rings. The zero-order valence-electron chi connectivity index (χ0n) is 14.3. The minimum Gasteiger partial charge on any atom is -0.315 e. The van der Waals surface area contributed by atoms with Gasteiger partial charge in [-0.1, -0.05) is 27.2 Å². The van der Waals surface area contributed by atoms with Gasteiger partial charge >= 0.3 is 0 Å². The van der Waals surface area contributed by atoms with Crippen LogP contribution in [0.25, 0.3) is 0 Å². The monoisotopic (exact) mass is 280 g/mol. The maximum absolute atomic E-state index is 3.77. The van der Waals surface area contributed by atoms with Crippen molar-refractivity contribution in [1.29, 1.82) is 0 Å². The van der Waals surface area contributed by atoms with Crippen molar-refractivity contribution in [3.05, 3.63) is 0 Å². The average molecular weight is 281 g/mol. The summed E-state index contributed by atoms with van der Waals surface area (Å²) in [5, 5.41) is 3.77. The summed E-state index contributed by atoms with van der Waals surface area (Å²) in [6.45, 7) is 11.0. The van der Waals surface area contributed by atoms with Gasteiger partial charge in [0.15, 0.2) is 0 Å². The summed E-state index contributed by atoms with van der Waals surface area (Å²) in [5.41, 5.74) is 0.517. The van der Waals surface area contributed by atoms with Crippen LogP contribution in [0.15, 0.2) is 0 Å². The van der Waals surface area contributed by atoms with Crippen LogP contribution in [0.2, 0.25) is 0 Å². The van der Waals surface area contributed by atoms with E-state index in [-0.39, 0.29) is 0 Å². The number of hydrogen-bond acceptors (Lipinski definition) is 2. The summed E-state index contributed by atoms with van der Waals surface area (Å²) in [5.74, 6) is 1.88. The largest absolute Gasteiger partial charge is 0.315 e. The van der Waals surface area contributed by atoms with Gasteiger partial charge in [-0.05, 0) is 75.9 Å². The molecule has 2 fully saturated rings. The summed E-state index contributed by atoms with van der Waals surface area (Å²) >= 11 is 0. The summed E-state index contributed by atoms with van der Waals surface area (Å²) in [6, 6.07) is 0.787. The van der Waals surface area contributed by atoms with Crippen molar-refractivity contribution in [3.63, 3.8) is 0 Å². The molecular weight excluding hydrogens is 244 g/mol. The zero-order chi connectivity index (χ0) is 14.6. The van der Waals surface area contributed by atoms with Crippen molar-refractivity contribution in [2.24, 2.45) is 17.3 Å². The van der Waals surface area contributed by atoms with E-state index in [1.807, 2.05) is 0 Å². The molecule has 1 aliphatic carbocycles. The number of likely N-dealkylation sites (tertiary alicyclic amines) is 1. The van der Waals surface area contributed by atoms with E-state index in [9.17, 15) is 0 Å². The molecule has 0 aromatic rings. The molecule has 2 heteroatoms. The fourth-order valence-corrected chi connectivity index (χ4v) is 4.09. The van der Waals surface area contributed by atoms with Crippen LogP contribution in [0.4, 0.5) is 0 Å². The van der Waals surface area contributed by atoms with Crippen molar-refractivity contribution in [2.75, 3.05) is 26.7 Å². The molecule has 0 radical (unpaired) electrons. The molecule has 0 aromatic carbocycles. The van der Waals surface area contributed by atoms with Gasteiger partial charge in [-0.2, -0.15) is 0 Å². The van der Waals surface area contributed by atoms with E-state index >= 15 is 0 Å². The molecule has 1 unspecified atom stereocenters. The fourth-order valence-electron chi connectivity index (χ4n) is 4.09. The summed E-state index contributed by atoms with van der Waals surface area (Å²) < 4.78 is 0. The van der Waals surface area contributed by atoms with Crippen LogP contribution in [0.3, 0.4) is 0 Å². The highest BCUT2D eigenvalue weighted by atomic mass is 15.2. The van der Waals surface area contributed by atoms with E-state index in [0.717, 1.165) is 17.9 Å². The third-order valence-electron chi connectivity index (χ3n) is 5.81.